The van der Waals surface area contributed by atoms with Gasteiger partial charge in [0.25, 0.3) is 0 Å². The summed E-state index contributed by atoms with van der Waals surface area (Å²) in [5.74, 6) is -0.522. The first-order valence-corrected chi connectivity index (χ1v) is 8.19. The Morgan fingerprint density at radius 3 is 2.50 bits per heavy atom. The number of halogens is 1. The highest BCUT2D eigenvalue weighted by Gasteiger charge is 2.16. The smallest absolute Gasteiger partial charge is 0.305 e. The highest BCUT2D eigenvalue weighted by molar-refractivity contribution is 7.89. The molecule has 1 aromatic rings. The van der Waals surface area contributed by atoms with Crippen molar-refractivity contribution >= 4 is 27.6 Å². The Kier molecular flexibility index (Phi) is 6.45. The molecule has 0 saturated heterocycles. The summed E-state index contributed by atoms with van der Waals surface area (Å²) in [4.78, 5) is 10.9. The topological polar surface area (TPSA) is 72.5 Å². The van der Waals surface area contributed by atoms with Gasteiger partial charge in [-0.05, 0) is 31.0 Å². The largest absolute Gasteiger partial charge is 0.469 e. The highest BCUT2D eigenvalue weighted by Crippen LogP contribution is 2.17. The minimum absolute atomic E-state index is 0.0900. The number of carbonyl (C=O) groups excluding carboxylic acids is 1. The minimum atomic E-state index is -3.43. The van der Waals surface area contributed by atoms with Crippen molar-refractivity contribution in [3.8, 4) is 0 Å². The summed E-state index contributed by atoms with van der Waals surface area (Å²) in [6.07, 6.45) is 0.322. The summed E-state index contributed by atoms with van der Waals surface area (Å²) in [6.45, 7) is 1.75. The van der Waals surface area contributed by atoms with E-state index >= 15 is 0 Å². The lowest BCUT2D eigenvalue weighted by Gasteiger charge is -2.14. The molecule has 1 rings (SSSR count). The zero-order valence-electron chi connectivity index (χ0n) is 11.4. The molecule has 0 heterocycles. The molecule has 0 saturated carbocycles. The molecule has 0 aliphatic heterocycles. The molecule has 0 aliphatic rings. The van der Waals surface area contributed by atoms with Crippen LogP contribution in [0, 0.1) is 0 Å². The average molecular weight is 320 g/mol. The predicted octanol–water partition coefficient (Wildman–Crippen LogP) is 2.27. The molecule has 1 N–H and O–H groups in total. The molecule has 0 radical (unpaired) electrons. The van der Waals surface area contributed by atoms with Crippen LogP contribution in [0.15, 0.2) is 24.3 Å². The fourth-order valence-corrected chi connectivity index (χ4v) is 3.10. The van der Waals surface area contributed by atoms with Gasteiger partial charge < -0.3 is 4.74 Å². The van der Waals surface area contributed by atoms with Gasteiger partial charge in [-0.15, -0.1) is 0 Å². The Hall–Kier alpha value is -1.11. The van der Waals surface area contributed by atoms with E-state index < -0.39 is 16.0 Å². The van der Waals surface area contributed by atoms with Gasteiger partial charge >= 0.3 is 5.97 Å². The van der Waals surface area contributed by atoms with Gasteiger partial charge in [0.1, 0.15) is 0 Å². The number of methoxy groups -OCH3 is 1. The average Bonchev–Trinajstić information content (AvgIpc) is 2.38. The normalized spacial score (nSPS) is 12.9. The van der Waals surface area contributed by atoms with E-state index in [4.69, 9.17) is 11.6 Å². The number of hydrogen-bond donors (Lipinski definition) is 1. The van der Waals surface area contributed by atoms with Gasteiger partial charge in [-0.1, -0.05) is 23.7 Å². The lowest BCUT2D eigenvalue weighted by atomic mass is 10.1. The summed E-state index contributed by atoms with van der Waals surface area (Å²) in [5, 5.41) is 0.599. The van der Waals surface area contributed by atoms with Crippen molar-refractivity contribution in [2.75, 3.05) is 12.9 Å². The van der Waals surface area contributed by atoms with E-state index in [1.54, 1.807) is 31.2 Å². The maximum Gasteiger partial charge on any atom is 0.305 e. The third-order valence-electron chi connectivity index (χ3n) is 2.75. The fourth-order valence-electron chi connectivity index (χ4n) is 1.66. The summed E-state index contributed by atoms with van der Waals surface area (Å²) < 4.78 is 30.7. The van der Waals surface area contributed by atoms with E-state index in [2.05, 4.69) is 9.46 Å². The third kappa shape index (κ3) is 5.90. The zero-order chi connectivity index (χ0) is 15.2. The number of hydrogen-bond acceptors (Lipinski definition) is 4. The van der Waals surface area contributed by atoms with Crippen LogP contribution in [0.3, 0.4) is 0 Å². The summed E-state index contributed by atoms with van der Waals surface area (Å²) in [7, 11) is -2.16. The van der Waals surface area contributed by atoms with Crippen molar-refractivity contribution in [2.24, 2.45) is 0 Å². The van der Waals surface area contributed by atoms with Crippen LogP contribution in [-0.2, 0) is 19.6 Å². The van der Waals surface area contributed by atoms with Crippen molar-refractivity contribution < 1.29 is 17.9 Å². The van der Waals surface area contributed by atoms with Gasteiger partial charge in [0.2, 0.25) is 10.0 Å². The number of esters is 1. The van der Waals surface area contributed by atoms with Crippen LogP contribution in [0.1, 0.15) is 31.4 Å². The van der Waals surface area contributed by atoms with E-state index in [0.29, 0.717) is 5.02 Å². The van der Waals surface area contributed by atoms with Gasteiger partial charge in [0, 0.05) is 17.5 Å². The Bertz CT molecular complexity index is 542. The highest BCUT2D eigenvalue weighted by atomic mass is 35.5. The molecule has 112 valence electrons. The molecule has 1 aromatic carbocycles. The van der Waals surface area contributed by atoms with Gasteiger partial charge in [-0.2, -0.15) is 0 Å². The summed E-state index contributed by atoms with van der Waals surface area (Å²) >= 11 is 5.78. The second-order valence-electron chi connectivity index (χ2n) is 4.39. The van der Waals surface area contributed by atoms with E-state index in [9.17, 15) is 13.2 Å². The Morgan fingerprint density at radius 2 is 1.95 bits per heavy atom. The number of sulfonamides is 1. The molecular formula is C13H18ClNO4S. The van der Waals surface area contributed by atoms with Crippen molar-refractivity contribution in [1.29, 1.82) is 0 Å². The van der Waals surface area contributed by atoms with Crippen molar-refractivity contribution in [2.45, 2.75) is 25.8 Å². The lowest BCUT2D eigenvalue weighted by Crippen LogP contribution is -2.29. The summed E-state index contributed by atoms with van der Waals surface area (Å²) in [6, 6.07) is 6.60. The number of carbonyl (C=O) groups is 1. The molecule has 0 aliphatic carbocycles. The monoisotopic (exact) mass is 319 g/mol. The number of rotatable bonds is 7. The van der Waals surface area contributed by atoms with Crippen molar-refractivity contribution in [1.82, 2.24) is 4.72 Å². The SMILES string of the molecule is COC(=O)CCCS(=O)(=O)NC(C)c1ccc(Cl)cc1. The van der Waals surface area contributed by atoms with Crippen molar-refractivity contribution in [3.05, 3.63) is 34.9 Å². The Balaban J connectivity index is 2.53. The van der Waals surface area contributed by atoms with Gasteiger partial charge in [-0.25, -0.2) is 13.1 Å². The molecule has 1 atom stereocenters. The molecule has 0 bridgehead atoms. The molecular weight excluding hydrogens is 302 g/mol. The van der Waals surface area contributed by atoms with Crippen LogP contribution in [0.5, 0.6) is 0 Å². The fraction of sp³-hybridized carbons (Fsp3) is 0.462. The van der Waals surface area contributed by atoms with Crippen LogP contribution in [0.4, 0.5) is 0 Å². The lowest BCUT2D eigenvalue weighted by molar-refractivity contribution is -0.140. The van der Waals surface area contributed by atoms with Crippen LogP contribution >= 0.6 is 11.6 Å². The van der Waals surface area contributed by atoms with Gasteiger partial charge in [0.15, 0.2) is 0 Å². The summed E-state index contributed by atoms with van der Waals surface area (Å²) in [5.41, 5.74) is 0.825. The number of benzene rings is 1. The molecule has 0 aromatic heterocycles. The third-order valence-corrected chi connectivity index (χ3v) is 4.54. The van der Waals surface area contributed by atoms with Crippen LogP contribution < -0.4 is 4.72 Å². The predicted molar refractivity (Wildman–Crippen MR) is 78.0 cm³/mol. The van der Waals surface area contributed by atoms with Gasteiger partial charge in [-0.3, -0.25) is 4.79 Å². The Labute approximate surface area is 124 Å². The maximum absolute atomic E-state index is 11.9. The number of nitrogens with one attached hydrogen (secondary N) is 1. The molecule has 0 spiro atoms. The zero-order valence-corrected chi connectivity index (χ0v) is 13.0. The quantitative estimate of drug-likeness (QED) is 0.783. The molecule has 20 heavy (non-hydrogen) atoms. The van der Waals surface area contributed by atoms with E-state index in [-0.39, 0.29) is 24.6 Å². The standard InChI is InChI=1S/C13H18ClNO4S/c1-10(11-5-7-12(14)8-6-11)15-20(17,18)9-3-4-13(16)19-2/h5-8,10,15H,3-4,9H2,1-2H3. The van der Waals surface area contributed by atoms with Crippen LogP contribution in [0.2, 0.25) is 5.02 Å². The first kappa shape index (κ1) is 16.9. The second-order valence-corrected chi connectivity index (χ2v) is 6.70. The first-order valence-electron chi connectivity index (χ1n) is 6.16. The molecule has 0 fully saturated rings. The second kappa shape index (κ2) is 7.61. The molecule has 0 amide bonds. The maximum atomic E-state index is 11.9. The minimum Gasteiger partial charge on any atom is -0.469 e. The Morgan fingerprint density at radius 1 is 1.35 bits per heavy atom. The van der Waals surface area contributed by atoms with Gasteiger partial charge in [0.05, 0.1) is 12.9 Å². The van der Waals surface area contributed by atoms with Crippen LogP contribution in [-0.4, -0.2) is 27.2 Å². The van der Waals surface area contributed by atoms with Crippen LogP contribution in [0.25, 0.3) is 0 Å². The first-order chi connectivity index (χ1) is 9.34. The van der Waals surface area contributed by atoms with Crippen molar-refractivity contribution in [3.63, 3.8) is 0 Å². The van der Waals surface area contributed by atoms with E-state index in [0.717, 1.165) is 5.56 Å². The van der Waals surface area contributed by atoms with E-state index in [1.165, 1.54) is 7.11 Å². The number of ether oxygens (including phenoxy) is 1. The molecule has 1 unspecified atom stereocenters. The molecule has 7 heteroatoms. The van der Waals surface area contributed by atoms with E-state index in [1.807, 2.05) is 0 Å². The molecule has 5 nitrogen and oxygen atoms in total.